The van der Waals surface area contributed by atoms with Crippen LogP contribution < -0.4 is 5.32 Å². The average molecular weight is 299 g/mol. The molecule has 116 valence electrons. The van der Waals surface area contributed by atoms with E-state index in [1.165, 1.54) is 12.8 Å². The van der Waals surface area contributed by atoms with Crippen molar-refractivity contribution in [2.45, 2.75) is 19.8 Å². The van der Waals surface area contributed by atoms with Crippen LogP contribution in [0.4, 0.5) is 5.82 Å². The normalized spacial score (nSPS) is 16.6. The first kappa shape index (κ1) is 14.7. The maximum atomic E-state index is 12.1. The van der Waals surface area contributed by atoms with Crippen molar-refractivity contribution in [2.24, 2.45) is 5.92 Å². The van der Waals surface area contributed by atoms with Crippen molar-refractivity contribution in [3.63, 3.8) is 0 Å². The molecule has 0 radical (unpaired) electrons. The number of hydrogen-bond donors (Lipinski definition) is 1. The van der Waals surface area contributed by atoms with Crippen LogP contribution in [0.1, 0.15) is 19.8 Å². The highest BCUT2D eigenvalue weighted by Crippen LogP contribution is 2.15. The predicted octanol–water partition coefficient (Wildman–Crippen LogP) is 1.94. The molecule has 1 amide bonds. The third-order valence-corrected chi connectivity index (χ3v) is 4.03. The summed E-state index contributed by atoms with van der Waals surface area (Å²) in [5, 5.41) is 7.23. The standard InChI is InChI=1S/C16H21N5O/c1-13-4-9-20(10-5-13)12-16(22)18-15-6-11-21(19-15)14-2-7-17-8-3-14/h2-3,6-8,11,13H,4-5,9-10,12H2,1H3,(H,18,19,22). The van der Waals surface area contributed by atoms with Gasteiger partial charge in [0, 0.05) is 24.7 Å². The van der Waals surface area contributed by atoms with Crippen molar-refractivity contribution >= 4 is 11.7 Å². The molecule has 3 heterocycles. The van der Waals surface area contributed by atoms with Gasteiger partial charge in [-0.1, -0.05) is 6.92 Å². The Morgan fingerprint density at radius 1 is 1.27 bits per heavy atom. The van der Waals surface area contributed by atoms with Gasteiger partial charge < -0.3 is 5.32 Å². The fourth-order valence-corrected chi connectivity index (χ4v) is 2.64. The van der Waals surface area contributed by atoms with Gasteiger partial charge in [-0.25, -0.2) is 4.68 Å². The summed E-state index contributed by atoms with van der Waals surface area (Å²) in [5.41, 5.74) is 0.917. The van der Waals surface area contributed by atoms with Gasteiger partial charge in [0.15, 0.2) is 5.82 Å². The van der Waals surface area contributed by atoms with Crippen LogP contribution in [0.3, 0.4) is 0 Å². The molecule has 0 atom stereocenters. The lowest BCUT2D eigenvalue weighted by Gasteiger charge is -2.29. The van der Waals surface area contributed by atoms with Crippen LogP contribution in [0.5, 0.6) is 0 Å². The Morgan fingerprint density at radius 3 is 2.73 bits per heavy atom. The van der Waals surface area contributed by atoms with Crippen molar-refractivity contribution in [3.8, 4) is 5.69 Å². The Bertz CT molecular complexity index is 616. The molecule has 1 aliphatic rings. The third kappa shape index (κ3) is 3.71. The molecular weight excluding hydrogens is 278 g/mol. The number of likely N-dealkylation sites (tertiary alicyclic amines) is 1. The van der Waals surface area contributed by atoms with E-state index in [-0.39, 0.29) is 5.91 Å². The second kappa shape index (κ2) is 6.70. The molecular formula is C16H21N5O. The molecule has 0 unspecified atom stereocenters. The van der Waals surface area contributed by atoms with Crippen LogP contribution in [0.25, 0.3) is 5.69 Å². The molecule has 1 fully saturated rings. The highest BCUT2D eigenvalue weighted by molar-refractivity contribution is 5.91. The van der Waals surface area contributed by atoms with Crippen LogP contribution >= 0.6 is 0 Å². The Balaban J connectivity index is 1.55. The second-order valence-corrected chi connectivity index (χ2v) is 5.86. The average Bonchev–Trinajstić information content (AvgIpc) is 2.99. The zero-order valence-electron chi connectivity index (χ0n) is 12.8. The van der Waals surface area contributed by atoms with Crippen LogP contribution in [0.2, 0.25) is 0 Å². The Hall–Kier alpha value is -2.21. The summed E-state index contributed by atoms with van der Waals surface area (Å²) in [7, 11) is 0. The highest BCUT2D eigenvalue weighted by Gasteiger charge is 2.18. The largest absolute Gasteiger partial charge is 0.308 e. The number of pyridine rings is 1. The molecule has 0 saturated carbocycles. The number of carbonyl (C=O) groups excluding carboxylic acids is 1. The maximum absolute atomic E-state index is 12.1. The van der Waals surface area contributed by atoms with E-state index in [1.807, 2.05) is 18.3 Å². The molecule has 6 nitrogen and oxygen atoms in total. The van der Waals surface area contributed by atoms with Crippen molar-refractivity contribution < 1.29 is 4.79 Å². The summed E-state index contributed by atoms with van der Waals surface area (Å²) < 4.78 is 1.72. The van der Waals surface area contributed by atoms with Crippen LogP contribution in [0, 0.1) is 5.92 Å². The van der Waals surface area contributed by atoms with Gasteiger partial charge in [-0.05, 0) is 44.0 Å². The number of nitrogens with one attached hydrogen (secondary N) is 1. The number of amides is 1. The molecule has 22 heavy (non-hydrogen) atoms. The number of carbonyl (C=O) groups is 1. The molecule has 1 aliphatic heterocycles. The van der Waals surface area contributed by atoms with E-state index in [4.69, 9.17) is 0 Å². The number of rotatable bonds is 4. The first-order valence-electron chi connectivity index (χ1n) is 7.69. The van der Waals surface area contributed by atoms with Crippen molar-refractivity contribution in [2.75, 3.05) is 25.0 Å². The first-order valence-corrected chi connectivity index (χ1v) is 7.69. The monoisotopic (exact) mass is 299 g/mol. The summed E-state index contributed by atoms with van der Waals surface area (Å²) in [6.45, 7) is 4.71. The van der Waals surface area contributed by atoms with E-state index < -0.39 is 0 Å². The van der Waals surface area contributed by atoms with Gasteiger partial charge in [-0.2, -0.15) is 5.10 Å². The highest BCUT2D eigenvalue weighted by atomic mass is 16.2. The Kier molecular flexibility index (Phi) is 4.48. The quantitative estimate of drug-likeness (QED) is 0.937. The number of piperidine rings is 1. The van der Waals surface area contributed by atoms with Gasteiger partial charge in [0.25, 0.3) is 0 Å². The molecule has 0 spiro atoms. The summed E-state index contributed by atoms with van der Waals surface area (Å²) in [6.07, 6.45) is 7.60. The SMILES string of the molecule is CC1CCN(CC(=O)Nc2ccn(-c3ccncc3)n2)CC1. The summed E-state index contributed by atoms with van der Waals surface area (Å²) in [4.78, 5) is 18.3. The maximum Gasteiger partial charge on any atom is 0.239 e. The van der Waals surface area contributed by atoms with E-state index in [0.29, 0.717) is 12.4 Å². The molecule has 1 saturated heterocycles. The van der Waals surface area contributed by atoms with Crippen molar-refractivity contribution in [1.29, 1.82) is 0 Å². The number of nitrogens with zero attached hydrogens (tertiary/aromatic N) is 4. The number of hydrogen-bond acceptors (Lipinski definition) is 4. The van der Waals surface area contributed by atoms with Crippen molar-refractivity contribution in [3.05, 3.63) is 36.8 Å². The molecule has 0 bridgehead atoms. The molecule has 3 rings (SSSR count). The number of aromatic nitrogens is 3. The Labute approximate surface area is 130 Å². The van der Waals surface area contributed by atoms with E-state index in [9.17, 15) is 4.79 Å². The van der Waals surface area contributed by atoms with Crippen LogP contribution in [0.15, 0.2) is 36.8 Å². The molecule has 2 aromatic rings. The van der Waals surface area contributed by atoms with Crippen molar-refractivity contribution in [1.82, 2.24) is 19.7 Å². The minimum absolute atomic E-state index is 0.00506. The predicted molar refractivity (Wildman–Crippen MR) is 84.8 cm³/mol. The lowest BCUT2D eigenvalue weighted by molar-refractivity contribution is -0.117. The summed E-state index contributed by atoms with van der Waals surface area (Å²) >= 11 is 0. The van der Waals surface area contributed by atoms with Gasteiger partial charge in [0.1, 0.15) is 0 Å². The Morgan fingerprint density at radius 2 is 2.00 bits per heavy atom. The molecule has 0 aliphatic carbocycles. The van der Waals surface area contributed by atoms with Gasteiger partial charge in [0.05, 0.1) is 12.2 Å². The van der Waals surface area contributed by atoms with Gasteiger partial charge >= 0.3 is 0 Å². The zero-order chi connectivity index (χ0) is 15.4. The third-order valence-electron chi connectivity index (χ3n) is 4.03. The minimum Gasteiger partial charge on any atom is -0.308 e. The van der Waals surface area contributed by atoms with E-state index >= 15 is 0 Å². The zero-order valence-corrected chi connectivity index (χ0v) is 12.8. The molecule has 6 heteroatoms. The minimum atomic E-state index is -0.00506. The lowest BCUT2D eigenvalue weighted by Crippen LogP contribution is -2.38. The van der Waals surface area contributed by atoms with Gasteiger partial charge in [0.2, 0.25) is 5.91 Å². The smallest absolute Gasteiger partial charge is 0.239 e. The van der Waals surface area contributed by atoms with Gasteiger partial charge in [-0.3, -0.25) is 14.7 Å². The fourth-order valence-electron chi connectivity index (χ4n) is 2.64. The molecule has 1 N–H and O–H groups in total. The first-order chi connectivity index (χ1) is 10.7. The van der Waals surface area contributed by atoms with E-state index in [0.717, 1.165) is 24.7 Å². The fraction of sp³-hybridized carbons (Fsp3) is 0.438. The van der Waals surface area contributed by atoms with E-state index in [2.05, 4.69) is 27.2 Å². The molecule has 2 aromatic heterocycles. The second-order valence-electron chi connectivity index (χ2n) is 5.86. The van der Waals surface area contributed by atoms with Crippen LogP contribution in [-0.2, 0) is 4.79 Å². The molecule has 0 aromatic carbocycles. The summed E-state index contributed by atoms with van der Waals surface area (Å²) in [6, 6.07) is 5.54. The topological polar surface area (TPSA) is 63.1 Å². The van der Waals surface area contributed by atoms with Crippen LogP contribution in [-0.4, -0.2) is 45.2 Å². The number of anilines is 1. The summed E-state index contributed by atoms with van der Waals surface area (Å²) in [5.74, 6) is 1.34. The lowest BCUT2D eigenvalue weighted by atomic mass is 9.99. The van der Waals surface area contributed by atoms with E-state index in [1.54, 1.807) is 23.1 Å². The van der Waals surface area contributed by atoms with Gasteiger partial charge in [-0.15, -0.1) is 0 Å².